The number of carbonyl (C=O) groups excluding carboxylic acids is 4. The number of carbonyl (C=O) groups is 4. The number of nitrogens with zero attached hydrogens (tertiary/aromatic N) is 8. The molecule has 1 aromatic carbocycles. The SMILES string of the molecule is CCn1nc(C)cc1C(=O)Nc1nc2cc(C(N)=O)cnc2n1C/C=C/CNc1c(OCCCN2C[C@@H]3C[C@H]2CN3C(=O)OC(C)(C)C)cc(C(N)=O)cc1[N+](=O)[O-]. The van der Waals surface area contributed by atoms with E-state index in [4.69, 9.17) is 20.9 Å². The van der Waals surface area contributed by atoms with Crippen LogP contribution >= 0.6 is 0 Å². The van der Waals surface area contributed by atoms with Crippen molar-refractivity contribution in [1.29, 1.82) is 0 Å². The second kappa shape index (κ2) is 16.9. The fraction of sp³-hybridized carbons (Fsp3) is 0.447. The van der Waals surface area contributed by atoms with E-state index in [0.29, 0.717) is 55.2 Å². The van der Waals surface area contributed by atoms with Gasteiger partial charge in [-0.15, -0.1) is 0 Å². The first-order chi connectivity index (χ1) is 27.5. The number of rotatable bonds is 16. The van der Waals surface area contributed by atoms with E-state index >= 15 is 0 Å². The number of nitrogens with two attached hydrogens (primary N) is 2. The highest BCUT2D eigenvalue weighted by Crippen LogP contribution is 2.37. The summed E-state index contributed by atoms with van der Waals surface area (Å²) in [6.07, 6.45) is 5.91. The molecule has 2 fully saturated rings. The van der Waals surface area contributed by atoms with Gasteiger partial charge in [0.1, 0.15) is 22.6 Å². The summed E-state index contributed by atoms with van der Waals surface area (Å²) in [5.41, 5.74) is 11.9. The minimum absolute atomic E-state index is 0.0670. The summed E-state index contributed by atoms with van der Waals surface area (Å²) < 4.78 is 14.8. The van der Waals surface area contributed by atoms with Crippen LogP contribution in [-0.4, -0.2) is 113 Å². The Labute approximate surface area is 333 Å². The van der Waals surface area contributed by atoms with Crippen molar-refractivity contribution >= 4 is 52.3 Å². The van der Waals surface area contributed by atoms with Crippen LogP contribution in [0.15, 0.2) is 42.6 Å². The van der Waals surface area contributed by atoms with Gasteiger partial charge in [-0.3, -0.25) is 44.0 Å². The summed E-state index contributed by atoms with van der Waals surface area (Å²) in [5, 5.41) is 22.4. The molecule has 3 aromatic heterocycles. The van der Waals surface area contributed by atoms with E-state index in [1.54, 1.807) is 39.3 Å². The smallest absolute Gasteiger partial charge is 0.410 e. The molecule has 5 heterocycles. The normalized spacial score (nSPS) is 16.6. The third-order valence-electron chi connectivity index (χ3n) is 9.77. The molecular formula is C38H48N12O8. The number of primary amides is 2. The van der Waals surface area contributed by atoms with Crippen LogP contribution in [0.1, 0.15) is 77.4 Å². The molecular weight excluding hydrogens is 752 g/mol. The standard InChI is InChI=1S/C38H48N12O8/c1-6-49-29(14-22(2)45-49)35(53)44-36-43-27-15-24(33(40)52)19-42-34(27)47(36)12-8-7-10-41-31-28(50(55)56)16-23(32(39)51)17-30(31)57-13-9-11-46-20-26-18-25(46)21-48(26)37(54)58-38(3,4)5/h7-8,14-17,19,25-26,41H,6,9-13,18,20-21H2,1-5H3,(H2,39,51)(H2,40,52)(H,43,44,53)/b8-7+/t25-,26-/m0/s1. The molecule has 308 valence electrons. The lowest BCUT2D eigenvalue weighted by Gasteiger charge is -2.35. The van der Waals surface area contributed by atoms with Crippen LogP contribution in [0.25, 0.3) is 11.2 Å². The van der Waals surface area contributed by atoms with Crippen molar-refractivity contribution in [2.75, 3.05) is 43.4 Å². The van der Waals surface area contributed by atoms with E-state index in [1.807, 2.05) is 27.7 Å². The van der Waals surface area contributed by atoms with Crippen LogP contribution in [0.3, 0.4) is 0 Å². The number of hydrogen-bond donors (Lipinski definition) is 4. The Balaban J connectivity index is 1.13. The zero-order chi connectivity index (χ0) is 41.9. The van der Waals surface area contributed by atoms with Crippen molar-refractivity contribution in [3.8, 4) is 5.75 Å². The number of nitro benzene ring substituents is 1. The van der Waals surface area contributed by atoms with Gasteiger partial charge in [0.2, 0.25) is 17.8 Å². The summed E-state index contributed by atoms with van der Waals surface area (Å²) in [6.45, 7) is 12.1. The maximum absolute atomic E-state index is 13.3. The van der Waals surface area contributed by atoms with Gasteiger partial charge in [0, 0.05) is 69.2 Å². The number of aryl methyl sites for hydroxylation is 2. The molecule has 0 radical (unpaired) electrons. The number of allylic oxidation sites excluding steroid dienone is 1. The van der Waals surface area contributed by atoms with E-state index in [9.17, 15) is 29.3 Å². The number of amides is 4. The first kappa shape index (κ1) is 41.1. The van der Waals surface area contributed by atoms with Gasteiger partial charge in [-0.25, -0.2) is 14.8 Å². The summed E-state index contributed by atoms with van der Waals surface area (Å²) in [4.78, 5) is 74.5. The van der Waals surface area contributed by atoms with Gasteiger partial charge < -0.3 is 31.2 Å². The molecule has 2 saturated heterocycles. The minimum Gasteiger partial charge on any atom is -0.491 e. The second-order valence-electron chi connectivity index (χ2n) is 15.1. The van der Waals surface area contributed by atoms with Crippen LogP contribution in [0, 0.1) is 17.0 Å². The molecule has 0 saturated carbocycles. The van der Waals surface area contributed by atoms with Crippen molar-refractivity contribution < 1.29 is 33.6 Å². The number of hydrogen-bond acceptors (Lipinski definition) is 13. The van der Waals surface area contributed by atoms with Gasteiger partial charge >= 0.3 is 6.09 Å². The number of benzene rings is 1. The van der Waals surface area contributed by atoms with E-state index < -0.39 is 28.2 Å². The quantitative estimate of drug-likeness (QED) is 0.0549. The molecule has 4 aromatic rings. The molecule has 2 aliphatic heterocycles. The van der Waals surface area contributed by atoms with Crippen LogP contribution < -0.4 is 26.8 Å². The molecule has 0 unspecified atom stereocenters. The number of ether oxygens (including phenoxy) is 2. The maximum atomic E-state index is 13.3. The van der Waals surface area contributed by atoms with Crippen molar-refractivity contribution in [3.63, 3.8) is 0 Å². The first-order valence-corrected chi connectivity index (χ1v) is 18.9. The summed E-state index contributed by atoms with van der Waals surface area (Å²) in [6, 6.07) is 5.89. The van der Waals surface area contributed by atoms with Gasteiger partial charge in [-0.2, -0.15) is 5.10 Å². The zero-order valence-electron chi connectivity index (χ0n) is 33.1. The van der Waals surface area contributed by atoms with E-state index in [0.717, 1.165) is 12.5 Å². The molecule has 20 nitrogen and oxygen atoms in total. The van der Waals surface area contributed by atoms with Crippen molar-refractivity contribution in [1.82, 2.24) is 34.1 Å². The molecule has 20 heteroatoms. The molecule has 6 rings (SSSR count). The Hall–Kier alpha value is -6.57. The fourth-order valence-corrected chi connectivity index (χ4v) is 7.17. The number of pyridine rings is 1. The third-order valence-corrected chi connectivity index (χ3v) is 9.77. The minimum atomic E-state index is -0.844. The van der Waals surface area contributed by atoms with Crippen LogP contribution in [0.5, 0.6) is 5.75 Å². The molecule has 0 spiro atoms. The van der Waals surface area contributed by atoms with Crippen molar-refractivity contribution in [3.05, 3.63) is 75.2 Å². The maximum Gasteiger partial charge on any atom is 0.410 e. The predicted octanol–water partition coefficient (Wildman–Crippen LogP) is 3.45. The molecule has 2 aliphatic rings. The van der Waals surface area contributed by atoms with E-state index in [2.05, 4.69) is 30.6 Å². The Bertz CT molecular complexity index is 2280. The van der Waals surface area contributed by atoms with Crippen LogP contribution in [0.2, 0.25) is 0 Å². The van der Waals surface area contributed by atoms with E-state index in [-0.39, 0.29) is 72.1 Å². The average Bonchev–Trinajstić information content (AvgIpc) is 3.94. The number of fused-ring (bicyclic) bond motifs is 3. The van der Waals surface area contributed by atoms with Crippen LogP contribution in [-0.2, 0) is 17.8 Å². The van der Waals surface area contributed by atoms with Gasteiger partial charge in [-0.05, 0) is 65.7 Å². The number of likely N-dealkylation sites (tertiary alicyclic amines) is 2. The topological polar surface area (TPSA) is 261 Å². The van der Waals surface area contributed by atoms with E-state index in [1.165, 1.54) is 18.3 Å². The number of piperazine rings is 1. The molecule has 2 bridgehead atoms. The Morgan fingerprint density at radius 3 is 2.47 bits per heavy atom. The number of anilines is 2. The fourth-order valence-electron chi connectivity index (χ4n) is 7.17. The average molecular weight is 801 g/mol. The Kier molecular flexibility index (Phi) is 12.0. The lowest BCUT2D eigenvalue weighted by Crippen LogP contribution is -2.50. The molecule has 0 aliphatic carbocycles. The largest absolute Gasteiger partial charge is 0.491 e. The molecule has 2 atom stereocenters. The lowest BCUT2D eigenvalue weighted by molar-refractivity contribution is -0.384. The summed E-state index contributed by atoms with van der Waals surface area (Å²) >= 11 is 0. The molecule has 6 N–H and O–H groups in total. The lowest BCUT2D eigenvalue weighted by atomic mass is 10.1. The third kappa shape index (κ3) is 9.17. The summed E-state index contributed by atoms with van der Waals surface area (Å²) in [7, 11) is 0. The molecule has 58 heavy (non-hydrogen) atoms. The highest BCUT2D eigenvalue weighted by Gasteiger charge is 2.46. The van der Waals surface area contributed by atoms with Gasteiger partial charge in [-0.1, -0.05) is 12.2 Å². The van der Waals surface area contributed by atoms with Gasteiger partial charge in [0.05, 0.1) is 22.8 Å². The molecule has 4 amide bonds. The van der Waals surface area contributed by atoms with Gasteiger partial charge in [0.15, 0.2) is 11.3 Å². The van der Waals surface area contributed by atoms with Crippen molar-refractivity contribution in [2.45, 2.75) is 78.2 Å². The van der Waals surface area contributed by atoms with Crippen molar-refractivity contribution in [2.24, 2.45) is 11.5 Å². The highest BCUT2D eigenvalue weighted by atomic mass is 16.6. The first-order valence-electron chi connectivity index (χ1n) is 18.9. The number of imidazole rings is 1. The monoisotopic (exact) mass is 800 g/mol. The van der Waals surface area contributed by atoms with Crippen LogP contribution in [0.4, 0.5) is 22.1 Å². The summed E-state index contributed by atoms with van der Waals surface area (Å²) in [5.74, 6) is -1.73. The number of aromatic nitrogens is 5. The Morgan fingerprint density at radius 2 is 1.81 bits per heavy atom. The Morgan fingerprint density at radius 1 is 1.05 bits per heavy atom. The van der Waals surface area contributed by atoms with Gasteiger partial charge in [0.25, 0.3) is 11.6 Å². The number of nitro groups is 1. The highest BCUT2D eigenvalue weighted by molar-refractivity contribution is 6.03. The second-order valence-corrected chi connectivity index (χ2v) is 15.1. The number of nitrogens with one attached hydrogen (secondary N) is 2. The predicted molar refractivity (Wildman–Crippen MR) is 213 cm³/mol. The zero-order valence-corrected chi connectivity index (χ0v) is 33.1.